The molecule has 112 valence electrons. The van der Waals surface area contributed by atoms with E-state index in [4.69, 9.17) is 4.74 Å². The Morgan fingerprint density at radius 3 is 2.11 bits per heavy atom. The summed E-state index contributed by atoms with van der Waals surface area (Å²) >= 11 is 0. The standard InChI is InChI=1S/C17H32O2/c1-6-9-10-11-12-13-17(7-2,8-3)14-19-16(18)15(4)5/h4,6-14H2,1-3,5H3. The summed E-state index contributed by atoms with van der Waals surface area (Å²) in [5.74, 6) is -0.253. The summed E-state index contributed by atoms with van der Waals surface area (Å²) in [6.45, 7) is 12.5. The van der Waals surface area contributed by atoms with Gasteiger partial charge in [-0.05, 0) is 26.2 Å². The Morgan fingerprint density at radius 1 is 1.05 bits per heavy atom. The van der Waals surface area contributed by atoms with E-state index in [2.05, 4.69) is 27.4 Å². The zero-order valence-electron chi connectivity index (χ0n) is 13.4. The molecule has 2 heteroatoms. The van der Waals surface area contributed by atoms with Crippen molar-refractivity contribution in [2.75, 3.05) is 6.61 Å². The van der Waals surface area contributed by atoms with Crippen LogP contribution in [-0.4, -0.2) is 12.6 Å². The zero-order valence-corrected chi connectivity index (χ0v) is 13.4. The van der Waals surface area contributed by atoms with Gasteiger partial charge in [-0.2, -0.15) is 0 Å². The first-order chi connectivity index (χ1) is 9.01. The number of carbonyl (C=O) groups excluding carboxylic acids is 1. The molecule has 0 atom stereocenters. The van der Waals surface area contributed by atoms with Gasteiger partial charge in [-0.25, -0.2) is 4.79 Å². The maximum atomic E-state index is 11.5. The van der Waals surface area contributed by atoms with Gasteiger partial charge >= 0.3 is 5.97 Å². The fourth-order valence-corrected chi connectivity index (χ4v) is 2.33. The van der Waals surface area contributed by atoms with Crippen molar-refractivity contribution in [3.8, 4) is 0 Å². The van der Waals surface area contributed by atoms with Crippen LogP contribution < -0.4 is 0 Å². The van der Waals surface area contributed by atoms with Gasteiger partial charge in [0.15, 0.2) is 0 Å². The first kappa shape index (κ1) is 18.2. The second kappa shape index (κ2) is 10.1. The molecule has 2 nitrogen and oxygen atoms in total. The number of esters is 1. The molecule has 0 N–H and O–H groups in total. The highest BCUT2D eigenvalue weighted by molar-refractivity contribution is 5.86. The number of ether oxygens (including phenoxy) is 1. The van der Waals surface area contributed by atoms with Crippen LogP contribution in [0.1, 0.15) is 79.1 Å². The molecule has 0 spiro atoms. The summed E-state index contributed by atoms with van der Waals surface area (Å²) in [4.78, 5) is 11.5. The highest BCUT2D eigenvalue weighted by atomic mass is 16.5. The maximum absolute atomic E-state index is 11.5. The molecule has 0 saturated carbocycles. The molecule has 0 aromatic rings. The van der Waals surface area contributed by atoms with Crippen molar-refractivity contribution >= 4 is 5.97 Å². The summed E-state index contributed by atoms with van der Waals surface area (Å²) in [6, 6.07) is 0. The fourth-order valence-electron chi connectivity index (χ4n) is 2.33. The summed E-state index contributed by atoms with van der Waals surface area (Å²) in [6.07, 6.45) is 9.77. The Labute approximate surface area is 119 Å². The number of carbonyl (C=O) groups is 1. The van der Waals surface area contributed by atoms with Crippen molar-refractivity contribution in [2.45, 2.75) is 79.1 Å². The van der Waals surface area contributed by atoms with Gasteiger partial charge in [0.25, 0.3) is 0 Å². The topological polar surface area (TPSA) is 26.3 Å². The zero-order chi connectivity index (χ0) is 14.7. The van der Waals surface area contributed by atoms with Gasteiger partial charge in [0.2, 0.25) is 0 Å². The van der Waals surface area contributed by atoms with E-state index in [1.165, 1.54) is 32.1 Å². The van der Waals surface area contributed by atoms with E-state index in [9.17, 15) is 4.79 Å². The molecule has 0 bridgehead atoms. The fraction of sp³-hybridized carbons (Fsp3) is 0.824. The van der Waals surface area contributed by atoms with E-state index >= 15 is 0 Å². The molecule has 0 aliphatic rings. The van der Waals surface area contributed by atoms with Crippen molar-refractivity contribution in [1.82, 2.24) is 0 Å². The van der Waals surface area contributed by atoms with Crippen molar-refractivity contribution in [3.05, 3.63) is 12.2 Å². The smallest absolute Gasteiger partial charge is 0.333 e. The van der Waals surface area contributed by atoms with E-state index in [1.54, 1.807) is 6.92 Å². The monoisotopic (exact) mass is 268 g/mol. The molecule has 0 unspecified atom stereocenters. The molecule has 0 saturated heterocycles. The quantitative estimate of drug-likeness (QED) is 0.290. The van der Waals surface area contributed by atoms with Gasteiger partial charge < -0.3 is 4.74 Å². The number of hydrogen-bond donors (Lipinski definition) is 0. The highest BCUT2D eigenvalue weighted by Crippen LogP contribution is 2.33. The van der Waals surface area contributed by atoms with Crippen LogP contribution in [0.25, 0.3) is 0 Å². The molecular weight excluding hydrogens is 236 g/mol. The lowest BCUT2D eigenvalue weighted by Crippen LogP contribution is -2.27. The molecule has 0 radical (unpaired) electrons. The van der Waals surface area contributed by atoms with Gasteiger partial charge in [-0.15, -0.1) is 0 Å². The minimum Gasteiger partial charge on any atom is -0.462 e. The van der Waals surface area contributed by atoms with Crippen molar-refractivity contribution in [1.29, 1.82) is 0 Å². The summed E-state index contributed by atoms with van der Waals surface area (Å²) < 4.78 is 5.39. The van der Waals surface area contributed by atoms with Crippen LogP contribution >= 0.6 is 0 Å². The van der Waals surface area contributed by atoms with Gasteiger partial charge in [-0.1, -0.05) is 59.5 Å². The lowest BCUT2D eigenvalue weighted by atomic mass is 9.78. The lowest BCUT2D eigenvalue weighted by molar-refractivity contribution is -0.143. The van der Waals surface area contributed by atoms with Crippen LogP contribution in [0, 0.1) is 5.41 Å². The molecule has 0 aliphatic carbocycles. The second-order valence-electron chi connectivity index (χ2n) is 5.73. The minimum atomic E-state index is -0.253. The first-order valence-corrected chi connectivity index (χ1v) is 7.84. The van der Waals surface area contributed by atoms with Crippen LogP contribution in [0.15, 0.2) is 12.2 Å². The predicted molar refractivity (Wildman–Crippen MR) is 82.2 cm³/mol. The van der Waals surface area contributed by atoms with Gasteiger partial charge in [0, 0.05) is 11.0 Å². The Morgan fingerprint density at radius 2 is 1.63 bits per heavy atom. The molecule has 0 aliphatic heterocycles. The Bertz CT molecular complexity index is 264. The van der Waals surface area contributed by atoms with Gasteiger partial charge in [0.05, 0.1) is 6.61 Å². The van der Waals surface area contributed by atoms with Crippen LogP contribution in [-0.2, 0) is 9.53 Å². The second-order valence-corrected chi connectivity index (χ2v) is 5.73. The minimum absolute atomic E-state index is 0.164. The van der Waals surface area contributed by atoms with Crippen molar-refractivity contribution in [2.24, 2.45) is 5.41 Å². The predicted octanol–water partition coefficient (Wildman–Crippen LogP) is 5.27. The van der Waals surface area contributed by atoms with E-state index in [0.29, 0.717) is 12.2 Å². The van der Waals surface area contributed by atoms with E-state index < -0.39 is 0 Å². The SMILES string of the molecule is C=C(C)C(=O)OCC(CC)(CC)CCCCCCC. The summed E-state index contributed by atoms with van der Waals surface area (Å²) in [7, 11) is 0. The van der Waals surface area contributed by atoms with Gasteiger partial charge in [-0.3, -0.25) is 0 Å². The summed E-state index contributed by atoms with van der Waals surface area (Å²) in [5.41, 5.74) is 0.654. The third kappa shape index (κ3) is 7.39. The normalized spacial score (nSPS) is 11.4. The van der Waals surface area contributed by atoms with Crippen molar-refractivity contribution in [3.63, 3.8) is 0 Å². The third-order valence-electron chi connectivity index (χ3n) is 4.17. The average molecular weight is 268 g/mol. The first-order valence-electron chi connectivity index (χ1n) is 7.84. The molecule has 0 amide bonds. The van der Waals surface area contributed by atoms with Crippen LogP contribution in [0.5, 0.6) is 0 Å². The molecule has 0 rings (SSSR count). The molecule has 0 fully saturated rings. The third-order valence-corrected chi connectivity index (χ3v) is 4.17. The number of hydrogen-bond acceptors (Lipinski definition) is 2. The maximum Gasteiger partial charge on any atom is 0.333 e. The summed E-state index contributed by atoms with van der Waals surface area (Å²) in [5, 5.41) is 0. The molecule has 0 aromatic carbocycles. The molecule has 0 heterocycles. The Hall–Kier alpha value is -0.790. The molecular formula is C17H32O2. The molecule has 0 aromatic heterocycles. The van der Waals surface area contributed by atoms with E-state index in [-0.39, 0.29) is 11.4 Å². The van der Waals surface area contributed by atoms with Crippen LogP contribution in [0.3, 0.4) is 0 Å². The average Bonchev–Trinajstić information content (AvgIpc) is 2.42. The molecule has 19 heavy (non-hydrogen) atoms. The Kier molecular flexibility index (Phi) is 9.63. The van der Waals surface area contributed by atoms with E-state index in [1.807, 2.05) is 0 Å². The number of rotatable bonds is 11. The van der Waals surface area contributed by atoms with Crippen LogP contribution in [0.2, 0.25) is 0 Å². The lowest BCUT2D eigenvalue weighted by Gasteiger charge is -2.31. The highest BCUT2D eigenvalue weighted by Gasteiger charge is 2.27. The van der Waals surface area contributed by atoms with Crippen molar-refractivity contribution < 1.29 is 9.53 Å². The Balaban J connectivity index is 4.18. The van der Waals surface area contributed by atoms with E-state index in [0.717, 1.165) is 19.3 Å². The largest absolute Gasteiger partial charge is 0.462 e. The number of unbranched alkanes of at least 4 members (excludes halogenated alkanes) is 4. The van der Waals surface area contributed by atoms with Crippen LogP contribution in [0.4, 0.5) is 0 Å². The van der Waals surface area contributed by atoms with Gasteiger partial charge in [0.1, 0.15) is 0 Å².